The summed E-state index contributed by atoms with van der Waals surface area (Å²) in [5.74, 6) is 0. The molecule has 1 heterocycles. The van der Waals surface area contributed by atoms with Crippen molar-refractivity contribution in [2.24, 2.45) is 0 Å². The van der Waals surface area contributed by atoms with Crippen molar-refractivity contribution < 1.29 is 4.79 Å². The number of rotatable bonds is 1. The lowest BCUT2D eigenvalue weighted by Crippen LogP contribution is -2.28. The van der Waals surface area contributed by atoms with E-state index in [0.29, 0.717) is 0 Å². The molecule has 0 radical (unpaired) electrons. The van der Waals surface area contributed by atoms with Gasteiger partial charge in [0.2, 0.25) is 0 Å². The van der Waals surface area contributed by atoms with Gasteiger partial charge < -0.3 is 10.6 Å². The zero-order chi connectivity index (χ0) is 7.56. The summed E-state index contributed by atoms with van der Waals surface area (Å²) >= 11 is 0. The highest BCUT2D eigenvalue weighted by Gasteiger charge is 2.24. The van der Waals surface area contributed by atoms with Crippen LogP contribution in [-0.2, 0) is 0 Å². The zero-order valence-corrected chi connectivity index (χ0v) is 6.22. The number of carbonyl (C=O) groups is 1. The molecule has 56 valence electrons. The Morgan fingerprint density at radius 1 is 1.50 bits per heavy atom. The molecule has 0 bridgehead atoms. The third kappa shape index (κ3) is 1.29. The van der Waals surface area contributed by atoms with Gasteiger partial charge in [-0.25, -0.2) is 4.79 Å². The third-order valence-electron chi connectivity index (χ3n) is 1.59. The molecule has 0 spiro atoms. The summed E-state index contributed by atoms with van der Waals surface area (Å²) in [6.07, 6.45) is 3.91. The van der Waals surface area contributed by atoms with Crippen LogP contribution in [-0.4, -0.2) is 18.1 Å². The van der Waals surface area contributed by atoms with Crippen molar-refractivity contribution in [1.29, 1.82) is 0 Å². The van der Waals surface area contributed by atoms with Gasteiger partial charge in [-0.1, -0.05) is 12.2 Å². The molecule has 0 unspecified atom stereocenters. The summed E-state index contributed by atoms with van der Waals surface area (Å²) in [4.78, 5) is 10.7. The van der Waals surface area contributed by atoms with E-state index in [1.165, 1.54) is 0 Å². The van der Waals surface area contributed by atoms with E-state index in [9.17, 15) is 4.79 Å². The average Bonchev–Trinajstić information content (AvgIpc) is 2.13. The van der Waals surface area contributed by atoms with Gasteiger partial charge >= 0.3 is 6.03 Å². The minimum absolute atomic E-state index is 0.0735. The van der Waals surface area contributed by atoms with Crippen LogP contribution in [0.15, 0.2) is 12.2 Å². The molecule has 0 aromatic heterocycles. The molecular formula is C7H12N2O. The van der Waals surface area contributed by atoms with Crippen LogP contribution in [0.25, 0.3) is 0 Å². The Hall–Kier alpha value is -0.990. The first-order valence-electron chi connectivity index (χ1n) is 3.44. The first kappa shape index (κ1) is 7.12. The van der Waals surface area contributed by atoms with Crippen molar-refractivity contribution in [2.75, 3.05) is 0 Å². The van der Waals surface area contributed by atoms with Crippen molar-refractivity contribution in [3.05, 3.63) is 12.2 Å². The average molecular weight is 140 g/mol. The standard InChI is InChI=1S/C7H12N2O/c1-3-4-6-5(2)8-7(10)9-6/h3-6H,1-2H3,(H2,8,9,10)/b4-3+/t5-,6-/m0/s1. The van der Waals surface area contributed by atoms with Crippen LogP contribution in [0, 0.1) is 0 Å². The van der Waals surface area contributed by atoms with E-state index in [0.717, 1.165) is 0 Å². The summed E-state index contributed by atoms with van der Waals surface area (Å²) in [5, 5.41) is 5.52. The predicted octanol–water partition coefficient (Wildman–Crippen LogP) is 0.632. The van der Waals surface area contributed by atoms with Crippen LogP contribution >= 0.6 is 0 Å². The highest BCUT2D eigenvalue weighted by atomic mass is 16.2. The Morgan fingerprint density at radius 2 is 2.20 bits per heavy atom. The van der Waals surface area contributed by atoms with Crippen molar-refractivity contribution >= 4 is 6.03 Å². The smallest absolute Gasteiger partial charge is 0.315 e. The van der Waals surface area contributed by atoms with E-state index in [1.807, 2.05) is 26.0 Å². The van der Waals surface area contributed by atoms with E-state index in [4.69, 9.17) is 0 Å². The van der Waals surface area contributed by atoms with Crippen LogP contribution in [0.4, 0.5) is 4.79 Å². The number of carbonyl (C=O) groups excluding carboxylic acids is 1. The lowest BCUT2D eigenvalue weighted by atomic mass is 10.1. The molecule has 0 aromatic carbocycles. The number of urea groups is 1. The SMILES string of the molecule is C/C=C/[C@@H]1NC(=O)N[C@H]1C. The normalized spacial score (nSPS) is 32.4. The van der Waals surface area contributed by atoms with Gasteiger partial charge in [0, 0.05) is 0 Å². The number of amides is 2. The summed E-state index contributed by atoms with van der Waals surface area (Å²) in [5.41, 5.74) is 0. The van der Waals surface area contributed by atoms with Crippen LogP contribution in [0.5, 0.6) is 0 Å². The number of hydrogen-bond donors (Lipinski definition) is 2. The van der Waals surface area contributed by atoms with Gasteiger partial charge in [0.15, 0.2) is 0 Å². The van der Waals surface area contributed by atoms with Crippen molar-refractivity contribution in [1.82, 2.24) is 10.6 Å². The Kier molecular flexibility index (Phi) is 1.94. The molecule has 2 amide bonds. The van der Waals surface area contributed by atoms with Gasteiger partial charge in [0.05, 0.1) is 12.1 Å². The number of hydrogen-bond acceptors (Lipinski definition) is 1. The second-order valence-electron chi connectivity index (χ2n) is 2.46. The van der Waals surface area contributed by atoms with Gasteiger partial charge in [-0.3, -0.25) is 0 Å². The first-order valence-corrected chi connectivity index (χ1v) is 3.44. The maximum atomic E-state index is 10.7. The lowest BCUT2D eigenvalue weighted by Gasteiger charge is -2.06. The molecule has 0 saturated carbocycles. The Morgan fingerprint density at radius 3 is 2.60 bits per heavy atom. The highest BCUT2D eigenvalue weighted by molar-refractivity contribution is 5.77. The predicted molar refractivity (Wildman–Crippen MR) is 39.7 cm³/mol. The van der Waals surface area contributed by atoms with Crippen molar-refractivity contribution in [3.8, 4) is 0 Å². The minimum atomic E-state index is -0.0735. The van der Waals surface area contributed by atoms with Gasteiger partial charge in [-0.2, -0.15) is 0 Å². The summed E-state index contributed by atoms with van der Waals surface area (Å²) in [7, 11) is 0. The van der Waals surface area contributed by atoms with E-state index in [2.05, 4.69) is 10.6 Å². The number of nitrogens with one attached hydrogen (secondary N) is 2. The molecule has 0 aromatic rings. The Balaban J connectivity index is 2.54. The molecule has 1 rings (SSSR count). The van der Waals surface area contributed by atoms with Crippen LogP contribution in [0.2, 0.25) is 0 Å². The van der Waals surface area contributed by atoms with E-state index >= 15 is 0 Å². The first-order chi connectivity index (χ1) is 4.74. The molecule has 1 aliphatic rings. The molecule has 2 N–H and O–H groups in total. The zero-order valence-electron chi connectivity index (χ0n) is 6.22. The Labute approximate surface area is 60.5 Å². The molecule has 3 nitrogen and oxygen atoms in total. The molecule has 2 atom stereocenters. The molecular weight excluding hydrogens is 128 g/mol. The van der Waals surface area contributed by atoms with Gasteiger partial charge in [0.1, 0.15) is 0 Å². The van der Waals surface area contributed by atoms with Crippen LogP contribution < -0.4 is 10.6 Å². The monoisotopic (exact) mass is 140 g/mol. The quantitative estimate of drug-likeness (QED) is 0.515. The summed E-state index contributed by atoms with van der Waals surface area (Å²) in [6, 6.07) is 0.303. The second kappa shape index (κ2) is 2.73. The fourth-order valence-electron chi connectivity index (χ4n) is 1.04. The van der Waals surface area contributed by atoms with E-state index in [1.54, 1.807) is 0 Å². The molecule has 1 saturated heterocycles. The fraction of sp³-hybridized carbons (Fsp3) is 0.571. The summed E-state index contributed by atoms with van der Waals surface area (Å²) < 4.78 is 0. The second-order valence-corrected chi connectivity index (χ2v) is 2.46. The summed E-state index contributed by atoms with van der Waals surface area (Å²) in [6.45, 7) is 3.92. The lowest BCUT2D eigenvalue weighted by molar-refractivity contribution is 0.247. The molecule has 10 heavy (non-hydrogen) atoms. The van der Waals surface area contributed by atoms with Crippen molar-refractivity contribution in [3.63, 3.8) is 0 Å². The van der Waals surface area contributed by atoms with Gasteiger partial charge in [0.25, 0.3) is 0 Å². The fourth-order valence-corrected chi connectivity index (χ4v) is 1.04. The Bertz CT molecular complexity index is 165. The maximum Gasteiger partial charge on any atom is 0.315 e. The van der Waals surface area contributed by atoms with Crippen LogP contribution in [0.1, 0.15) is 13.8 Å². The molecule has 1 aliphatic heterocycles. The topological polar surface area (TPSA) is 41.1 Å². The van der Waals surface area contributed by atoms with E-state index < -0.39 is 0 Å². The van der Waals surface area contributed by atoms with Gasteiger partial charge in [-0.15, -0.1) is 0 Å². The molecule has 1 fully saturated rings. The maximum absolute atomic E-state index is 10.7. The molecule has 3 heteroatoms. The molecule has 0 aliphatic carbocycles. The van der Waals surface area contributed by atoms with Crippen LogP contribution in [0.3, 0.4) is 0 Å². The van der Waals surface area contributed by atoms with Gasteiger partial charge in [-0.05, 0) is 13.8 Å². The minimum Gasteiger partial charge on any atom is -0.333 e. The number of allylic oxidation sites excluding steroid dienone is 1. The third-order valence-corrected chi connectivity index (χ3v) is 1.59. The van der Waals surface area contributed by atoms with E-state index in [-0.39, 0.29) is 18.1 Å². The highest BCUT2D eigenvalue weighted by Crippen LogP contribution is 2.01. The largest absolute Gasteiger partial charge is 0.333 e. The van der Waals surface area contributed by atoms with Crippen molar-refractivity contribution in [2.45, 2.75) is 25.9 Å².